The van der Waals surface area contributed by atoms with E-state index >= 15 is 0 Å². The van der Waals surface area contributed by atoms with E-state index in [1.54, 1.807) is 31.6 Å². The molecule has 28 heavy (non-hydrogen) atoms. The van der Waals surface area contributed by atoms with Gasteiger partial charge in [0, 0.05) is 48.9 Å². The molecule has 3 heterocycles. The zero-order valence-electron chi connectivity index (χ0n) is 16.5. The van der Waals surface area contributed by atoms with Gasteiger partial charge >= 0.3 is 0 Å². The number of aromatic nitrogens is 3. The molecule has 0 fully saturated rings. The Morgan fingerprint density at radius 3 is 2.61 bits per heavy atom. The van der Waals surface area contributed by atoms with Crippen molar-refractivity contribution in [1.29, 1.82) is 0 Å². The van der Waals surface area contributed by atoms with Crippen LogP contribution in [0.2, 0.25) is 0 Å². The molecule has 0 radical (unpaired) electrons. The number of anilines is 1. The average molecular weight is 380 g/mol. The van der Waals surface area contributed by atoms with Crippen molar-refractivity contribution in [3.8, 4) is 11.1 Å². The number of aliphatic hydroxyl groups excluding tert-OH is 1. The van der Waals surface area contributed by atoms with Gasteiger partial charge in [-0.05, 0) is 31.0 Å². The van der Waals surface area contributed by atoms with Gasteiger partial charge in [0.25, 0.3) is 5.56 Å². The van der Waals surface area contributed by atoms with Gasteiger partial charge in [-0.15, -0.1) is 0 Å². The first kappa shape index (κ1) is 19.7. The number of hydrogen-bond acceptors (Lipinski definition) is 5. The van der Waals surface area contributed by atoms with Gasteiger partial charge in [0.05, 0.1) is 17.3 Å². The number of carbonyl (C=O) groups is 1. The summed E-state index contributed by atoms with van der Waals surface area (Å²) in [5.41, 5.74) is 3.24. The Hall–Kier alpha value is -3.06. The second kappa shape index (κ2) is 7.90. The van der Waals surface area contributed by atoms with E-state index in [4.69, 9.17) is 0 Å². The van der Waals surface area contributed by atoms with Gasteiger partial charge in [-0.1, -0.05) is 13.3 Å². The highest BCUT2D eigenvalue weighted by Gasteiger charge is 2.15. The fourth-order valence-electron chi connectivity index (χ4n) is 3.27. The van der Waals surface area contributed by atoms with Crippen LogP contribution >= 0.6 is 0 Å². The van der Waals surface area contributed by atoms with E-state index in [1.807, 2.05) is 19.9 Å². The minimum atomic E-state index is -0.603. The van der Waals surface area contributed by atoms with E-state index in [0.717, 1.165) is 22.9 Å². The van der Waals surface area contributed by atoms with E-state index in [1.165, 1.54) is 11.5 Å². The van der Waals surface area contributed by atoms with Crippen molar-refractivity contribution in [3.05, 3.63) is 52.2 Å². The summed E-state index contributed by atoms with van der Waals surface area (Å²) in [5.74, 6) is 0.176. The second-order valence-electron chi connectivity index (χ2n) is 6.96. The molecule has 2 N–H and O–H groups in total. The van der Waals surface area contributed by atoms with Gasteiger partial charge in [0.15, 0.2) is 0 Å². The first-order chi connectivity index (χ1) is 13.3. The molecule has 7 nitrogen and oxygen atoms in total. The lowest BCUT2D eigenvalue weighted by Crippen LogP contribution is -2.20. The second-order valence-corrected chi connectivity index (χ2v) is 6.96. The van der Waals surface area contributed by atoms with Crippen LogP contribution in [0.25, 0.3) is 22.0 Å². The maximum absolute atomic E-state index is 13.0. The van der Waals surface area contributed by atoms with E-state index in [0.29, 0.717) is 29.0 Å². The molecular weight excluding hydrogens is 356 g/mol. The Kier molecular flexibility index (Phi) is 5.56. The lowest BCUT2D eigenvalue weighted by atomic mass is 10.0. The topological polar surface area (TPSA) is 97.1 Å². The molecule has 1 amide bonds. The maximum atomic E-state index is 13.0. The van der Waals surface area contributed by atoms with Crippen LogP contribution in [0.3, 0.4) is 0 Å². The fraction of sp³-hybridized carbons (Fsp3) is 0.333. The third-order valence-corrected chi connectivity index (χ3v) is 4.74. The summed E-state index contributed by atoms with van der Waals surface area (Å²) >= 11 is 0. The predicted molar refractivity (Wildman–Crippen MR) is 109 cm³/mol. The summed E-state index contributed by atoms with van der Waals surface area (Å²) in [7, 11) is 1.69. The zero-order valence-corrected chi connectivity index (χ0v) is 16.5. The number of carbonyl (C=O) groups excluding carboxylic acids is 1. The normalized spacial score (nSPS) is 12.2. The van der Waals surface area contributed by atoms with Gasteiger partial charge < -0.3 is 15.0 Å². The molecule has 3 aromatic rings. The molecule has 1 atom stereocenters. The van der Waals surface area contributed by atoms with Crippen molar-refractivity contribution in [2.45, 2.75) is 39.7 Å². The maximum Gasteiger partial charge on any atom is 0.258 e. The van der Waals surface area contributed by atoms with Gasteiger partial charge in [-0.2, -0.15) is 0 Å². The molecule has 0 bridgehead atoms. The number of fused-ring (bicyclic) bond motifs is 1. The zero-order chi connectivity index (χ0) is 20.4. The lowest BCUT2D eigenvalue weighted by molar-refractivity contribution is -0.114. The lowest BCUT2D eigenvalue weighted by Gasteiger charge is -2.14. The van der Waals surface area contributed by atoms with Gasteiger partial charge in [0.1, 0.15) is 5.82 Å². The van der Waals surface area contributed by atoms with E-state index < -0.39 is 6.10 Å². The first-order valence-corrected chi connectivity index (χ1v) is 9.24. The Morgan fingerprint density at radius 1 is 1.21 bits per heavy atom. The predicted octanol–water partition coefficient (Wildman–Crippen LogP) is 3.10. The average Bonchev–Trinajstić information content (AvgIpc) is 2.65. The smallest absolute Gasteiger partial charge is 0.258 e. The number of amides is 1. The van der Waals surface area contributed by atoms with Crippen LogP contribution in [0.1, 0.15) is 44.1 Å². The molecular formula is C21H24N4O3. The van der Waals surface area contributed by atoms with E-state index in [-0.39, 0.29) is 11.5 Å². The summed E-state index contributed by atoms with van der Waals surface area (Å²) < 4.78 is 1.54. The van der Waals surface area contributed by atoms with Crippen molar-refractivity contribution >= 4 is 22.6 Å². The van der Waals surface area contributed by atoms with E-state index in [2.05, 4.69) is 15.3 Å². The standard InChI is InChI=1S/C21H24N4O3/c1-5-6-19(27)17-7-12(2)16(11-22-17)15-8-14-10-23-20(24-13(3)26)9-18(14)25(4)21(15)28/h7-11,19,27H,5-6H2,1-4H3,(H,23,24,26). The monoisotopic (exact) mass is 380 g/mol. The molecule has 1 unspecified atom stereocenters. The quantitative estimate of drug-likeness (QED) is 0.709. The third-order valence-electron chi connectivity index (χ3n) is 4.74. The van der Waals surface area contributed by atoms with Crippen LogP contribution in [-0.4, -0.2) is 25.5 Å². The Labute approximate surface area is 163 Å². The summed E-state index contributed by atoms with van der Waals surface area (Å²) in [6, 6.07) is 5.29. The summed E-state index contributed by atoms with van der Waals surface area (Å²) in [6.07, 6.45) is 4.18. The Bertz CT molecular complexity index is 1100. The van der Waals surface area contributed by atoms with Gasteiger partial charge in [-0.25, -0.2) is 4.98 Å². The number of nitrogens with zero attached hydrogens (tertiary/aromatic N) is 3. The van der Waals surface area contributed by atoms with Crippen LogP contribution < -0.4 is 10.9 Å². The van der Waals surface area contributed by atoms with E-state index in [9.17, 15) is 14.7 Å². The first-order valence-electron chi connectivity index (χ1n) is 9.24. The van der Waals surface area contributed by atoms with Crippen molar-refractivity contribution in [2.75, 3.05) is 5.32 Å². The van der Waals surface area contributed by atoms with Crippen LogP contribution in [0.4, 0.5) is 5.82 Å². The summed E-state index contributed by atoms with van der Waals surface area (Å²) in [6.45, 7) is 5.32. The van der Waals surface area contributed by atoms with Crippen molar-refractivity contribution < 1.29 is 9.90 Å². The number of nitrogens with one attached hydrogen (secondary N) is 1. The number of aryl methyl sites for hydroxylation is 2. The molecule has 0 aliphatic carbocycles. The van der Waals surface area contributed by atoms with Crippen molar-refractivity contribution in [3.63, 3.8) is 0 Å². The number of hydrogen-bond donors (Lipinski definition) is 2. The number of aliphatic hydroxyl groups is 1. The van der Waals surface area contributed by atoms with Crippen molar-refractivity contribution in [1.82, 2.24) is 14.5 Å². The Morgan fingerprint density at radius 2 is 1.96 bits per heavy atom. The van der Waals surface area contributed by atoms with Crippen LogP contribution in [0.15, 0.2) is 35.4 Å². The van der Waals surface area contributed by atoms with Crippen molar-refractivity contribution in [2.24, 2.45) is 7.05 Å². The molecule has 0 saturated heterocycles. The molecule has 0 aliphatic heterocycles. The van der Waals surface area contributed by atoms with Crippen LogP contribution in [-0.2, 0) is 11.8 Å². The molecule has 0 spiro atoms. The summed E-state index contributed by atoms with van der Waals surface area (Å²) in [4.78, 5) is 32.8. The molecule has 0 saturated carbocycles. The SMILES string of the molecule is CCCC(O)c1cc(C)c(-c2cc3cnc(NC(C)=O)cc3n(C)c2=O)cn1. The molecule has 3 aromatic heterocycles. The summed E-state index contributed by atoms with van der Waals surface area (Å²) in [5, 5.41) is 13.6. The third kappa shape index (κ3) is 3.80. The van der Waals surface area contributed by atoms with Gasteiger partial charge in [0.2, 0.25) is 5.91 Å². The molecule has 0 aliphatic rings. The molecule has 0 aromatic carbocycles. The minimum absolute atomic E-state index is 0.167. The fourth-order valence-corrected chi connectivity index (χ4v) is 3.27. The van der Waals surface area contributed by atoms with Crippen LogP contribution in [0.5, 0.6) is 0 Å². The molecule has 3 rings (SSSR count). The molecule has 7 heteroatoms. The highest BCUT2D eigenvalue weighted by Crippen LogP contribution is 2.26. The number of pyridine rings is 3. The molecule has 146 valence electrons. The van der Waals surface area contributed by atoms with Gasteiger partial charge in [-0.3, -0.25) is 14.6 Å². The van der Waals surface area contributed by atoms with Crippen LogP contribution in [0, 0.1) is 6.92 Å². The highest BCUT2D eigenvalue weighted by atomic mass is 16.3. The minimum Gasteiger partial charge on any atom is -0.387 e. The number of rotatable bonds is 5. The largest absolute Gasteiger partial charge is 0.387 e. The Balaban J connectivity index is 2.10. The highest BCUT2D eigenvalue weighted by molar-refractivity contribution is 5.91.